The van der Waals surface area contributed by atoms with Crippen LogP contribution in [0.3, 0.4) is 0 Å². The van der Waals surface area contributed by atoms with E-state index in [0.717, 1.165) is 6.07 Å². The van der Waals surface area contributed by atoms with Gasteiger partial charge >= 0.3 is 0 Å². The Hall–Kier alpha value is -1.70. The van der Waals surface area contributed by atoms with Gasteiger partial charge in [-0.1, -0.05) is 0 Å². The van der Waals surface area contributed by atoms with E-state index >= 15 is 0 Å². The summed E-state index contributed by atoms with van der Waals surface area (Å²) < 4.78 is 43.7. The minimum Gasteiger partial charge on any atom is -0.493 e. The molecule has 0 spiro atoms. The van der Waals surface area contributed by atoms with Gasteiger partial charge in [0.25, 0.3) is 0 Å². The summed E-state index contributed by atoms with van der Waals surface area (Å²) >= 11 is 0. The van der Waals surface area contributed by atoms with Gasteiger partial charge in [0.1, 0.15) is 5.75 Å². The summed E-state index contributed by atoms with van der Waals surface area (Å²) in [6.07, 6.45) is -0.363. The second-order valence-electron chi connectivity index (χ2n) is 2.73. The third-order valence-electron chi connectivity index (χ3n) is 1.78. The first kappa shape index (κ1) is 11.4. The van der Waals surface area contributed by atoms with Crippen molar-refractivity contribution in [2.45, 2.75) is 13.3 Å². The fourth-order valence-electron chi connectivity index (χ4n) is 1.14. The molecule has 0 amide bonds. The van der Waals surface area contributed by atoms with Crippen LogP contribution in [0.1, 0.15) is 12.5 Å². The van der Waals surface area contributed by atoms with Crippen LogP contribution in [0.2, 0.25) is 0 Å². The summed E-state index contributed by atoms with van der Waals surface area (Å²) in [6.45, 7) is 1.80. The van der Waals surface area contributed by atoms with Gasteiger partial charge in [-0.3, -0.25) is 0 Å². The van der Waals surface area contributed by atoms with Crippen molar-refractivity contribution in [3.05, 3.63) is 29.1 Å². The molecule has 0 saturated heterocycles. The number of nitriles is 1. The molecular weight excluding hydrogens is 207 g/mol. The standard InChI is InChI=1S/C10H8F3NO/c1-2-15-8-5-7(11)10(13)9(12)6(8)3-4-14/h5H,2-3H2,1H3. The molecule has 80 valence electrons. The maximum absolute atomic E-state index is 13.2. The molecule has 5 heteroatoms. The lowest BCUT2D eigenvalue weighted by Crippen LogP contribution is -2.03. The van der Waals surface area contributed by atoms with Gasteiger partial charge in [0.15, 0.2) is 17.5 Å². The predicted octanol–water partition coefficient (Wildman–Crippen LogP) is 2.57. The normalized spacial score (nSPS) is 9.80. The summed E-state index contributed by atoms with van der Waals surface area (Å²) in [4.78, 5) is 0. The first-order valence-corrected chi connectivity index (χ1v) is 4.27. The van der Waals surface area contributed by atoms with Gasteiger partial charge in [0, 0.05) is 11.6 Å². The fraction of sp³-hybridized carbons (Fsp3) is 0.300. The zero-order valence-electron chi connectivity index (χ0n) is 7.98. The highest BCUT2D eigenvalue weighted by Gasteiger charge is 2.19. The summed E-state index contributed by atoms with van der Waals surface area (Å²) in [5, 5.41) is 8.41. The predicted molar refractivity (Wildman–Crippen MR) is 46.8 cm³/mol. The monoisotopic (exact) mass is 215 g/mol. The van der Waals surface area contributed by atoms with Crippen molar-refractivity contribution in [3.8, 4) is 11.8 Å². The van der Waals surface area contributed by atoms with Crippen molar-refractivity contribution < 1.29 is 17.9 Å². The van der Waals surface area contributed by atoms with Crippen LogP contribution in [-0.4, -0.2) is 6.61 Å². The smallest absolute Gasteiger partial charge is 0.194 e. The van der Waals surface area contributed by atoms with Gasteiger partial charge in [-0.15, -0.1) is 0 Å². The van der Waals surface area contributed by atoms with Crippen molar-refractivity contribution in [1.82, 2.24) is 0 Å². The highest BCUT2D eigenvalue weighted by Crippen LogP contribution is 2.26. The SMILES string of the molecule is CCOc1cc(F)c(F)c(F)c1CC#N. The molecule has 0 saturated carbocycles. The Morgan fingerprint density at radius 1 is 1.33 bits per heavy atom. The van der Waals surface area contributed by atoms with Crippen molar-refractivity contribution in [2.75, 3.05) is 6.61 Å². The molecule has 0 heterocycles. The molecule has 0 bridgehead atoms. The third kappa shape index (κ3) is 2.21. The van der Waals surface area contributed by atoms with E-state index in [2.05, 4.69) is 0 Å². The Morgan fingerprint density at radius 3 is 2.53 bits per heavy atom. The molecule has 1 aromatic carbocycles. The Morgan fingerprint density at radius 2 is 2.00 bits per heavy atom. The minimum absolute atomic E-state index is 0.129. The average Bonchev–Trinajstić information content (AvgIpc) is 2.21. The topological polar surface area (TPSA) is 33.0 Å². The van der Waals surface area contributed by atoms with Crippen molar-refractivity contribution in [2.24, 2.45) is 0 Å². The van der Waals surface area contributed by atoms with Crippen molar-refractivity contribution >= 4 is 0 Å². The third-order valence-corrected chi connectivity index (χ3v) is 1.78. The molecule has 1 aromatic rings. The van der Waals surface area contributed by atoms with E-state index in [0.29, 0.717) is 0 Å². The first-order chi connectivity index (χ1) is 7.11. The highest BCUT2D eigenvalue weighted by atomic mass is 19.2. The molecule has 0 N–H and O–H groups in total. The van der Waals surface area contributed by atoms with Crippen LogP contribution >= 0.6 is 0 Å². The number of benzene rings is 1. The van der Waals surface area contributed by atoms with Gasteiger partial charge in [0.05, 0.1) is 19.1 Å². The molecule has 0 unspecified atom stereocenters. The zero-order chi connectivity index (χ0) is 11.4. The molecular formula is C10H8F3NO. The number of hydrogen-bond acceptors (Lipinski definition) is 2. The lowest BCUT2D eigenvalue weighted by Gasteiger charge is -2.09. The van der Waals surface area contributed by atoms with Crippen LogP contribution in [0, 0.1) is 28.8 Å². The van der Waals surface area contributed by atoms with Crippen LogP contribution in [0.15, 0.2) is 6.07 Å². The molecule has 0 fully saturated rings. The van der Waals surface area contributed by atoms with E-state index in [1.54, 1.807) is 13.0 Å². The molecule has 0 radical (unpaired) electrons. The Balaban J connectivity index is 3.31. The van der Waals surface area contributed by atoms with Gasteiger partial charge < -0.3 is 4.74 Å². The van der Waals surface area contributed by atoms with Gasteiger partial charge in [-0.25, -0.2) is 13.2 Å². The average molecular weight is 215 g/mol. The quantitative estimate of drug-likeness (QED) is 0.726. The Bertz CT molecular complexity index is 412. The van der Waals surface area contributed by atoms with Crippen LogP contribution in [0.25, 0.3) is 0 Å². The molecule has 0 aliphatic carbocycles. The zero-order valence-corrected chi connectivity index (χ0v) is 7.98. The number of nitrogens with zero attached hydrogens (tertiary/aromatic N) is 1. The Kier molecular flexibility index (Phi) is 3.56. The highest BCUT2D eigenvalue weighted by molar-refractivity contribution is 5.38. The summed E-state index contributed by atoms with van der Waals surface area (Å²) in [5.41, 5.74) is -0.252. The van der Waals surface area contributed by atoms with E-state index < -0.39 is 17.5 Å². The van der Waals surface area contributed by atoms with Crippen LogP contribution in [0.4, 0.5) is 13.2 Å². The number of hydrogen-bond donors (Lipinski definition) is 0. The molecule has 0 atom stereocenters. The van der Waals surface area contributed by atoms with Crippen LogP contribution < -0.4 is 4.74 Å². The second kappa shape index (κ2) is 4.69. The molecule has 2 nitrogen and oxygen atoms in total. The maximum Gasteiger partial charge on any atom is 0.194 e. The first-order valence-electron chi connectivity index (χ1n) is 4.27. The van der Waals surface area contributed by atoms with E-state index in [-0.39, 0.29) is 24.3 Å². The largest absolute Gasteiger partial charge is 0.493 e. The van der Waals surface area contributed by atoms with E-state index in [9.17, 15) is 13.2 Å². The van der Waals surface area contributed by atoms with Crippen LogP contribution in [-0.2, 0) is 6.42 Å². The molecule has 0 aliphatic rings. The number of rotatable bonds is 3. The molecule has 15 heavy (non-hydrogen) atoms. The lowest BCUT2D eigenvalue weighted by atomic mass is 10.1. The lowest BCUT2D eigenvalue weighted by molar-refractivity contribution is 0.326. The fourth-order valence-corrected chi connectivity index (χ4v) is 1.14. The van der Waals surface area contributed by atoms with Crippen molar-refractivity contribution in [3.63, 3.8) is 0 Å². The summed E-state index contributed by atoms with van der Waals surface area (Å²) in [6, 6.07) is 2.41. The number of halogens is 3. The van der Waals surface area contributed by atoms with E-state index in [1.807, 2.05) is 0 Å². The van der Waals surface area contributed by atoms with E-state index in [4.69, 9.17) is 10.00 Å². The van der Waals surface area contributed by atoms with Gasteiger partial charge in [0.2, 0.25) is 0 Å². The molecule has 1 rings (SSSR count). The second-order valence-corrected chi connectivity index (χ2v) is 2.73. The molecule has 0 aliphatic heterocycles. The van der Waals surface area contributed by atoms with E-state index in [1.165, 1.54) is 0 Å². The summed E-state index contributed by atoms with van der Waals surface area (Å²) in [5.74, 6) is -4.39. The van der Waals surface area contributed by atoms with Gasteiger partial charge in [-0.05, 0) is 6.92 Å². The van der Waals surface area contributed by atoms with Gasteiger partial charge in [-0.2, -0.15) is 5.26 Å². The molecule has 0 aromatic heterocycles. The summed E-state index contributed by atoms with van der Waals surface area (Å²) in [7, 11) is 0. The number of ether oxygens (including phenoxy) is 1. The minimum atomic E-state index is -1.58. The maximum atomic E-state index is 13.2. The van der Waals surface area contributed by atoms with Crippen molar-refractivity contribution in [1.29, 1.82) is 5.26 Å². The van der Waals surface area contributed by atoms with Crippen LogP contribution in [0.5, 0.6) is 5.75 Å². The Labute approximate surface area is 84.9 Å².